The molecule has 0 fully saturated rings. The van der Waals surface area contributed by atoms with Crippen LogP contribution in [0.15, 0.2) is 30.6 Å². The maximum atomic E-state index is 11.3. The molecule has 0 amide bonds. The number of carbonyl (C=O) groups is 1. The first kappa shape index (κ1) is 19.0. The van der Waals surface area contributed by atoms with Crippen molar-refractivity contribution in [3.8, 4) is 17.1 Å². The molecular formula is C21H26N4O2. The Morgan fingerprint density at radius 2 is 2.00 bits per heavy atom. The van der Waals surface area contributed by atoms with E-state index in [1.807, 2.05) is 31.3 Å². The molecule has 0 spiro atoms. The molecule has 3 aromatic rings. The number of carbonyl (C=O) groups excluding carboxylic acids is 1. The number of nitrogens with one attached hydrogen (secondary N) is 1. The van der Waals surface area contributed by atoms with Gasteiger partial charge in [0, 0.05) is 25.5 Å². The van der Waals surface area contributed by atoms with Crippen molar-refractivity contribution in [3.63, 3.8) is 0 Å². The number of ether oxygens (including phenoxy) is 1. The van der Waals surface area contributed by atoms with Gasteiger partial charge in [-0.05, 0) is 31.0 Å². The Morgan fingerprint density at radius 1 is 1.15 bits per heavy atom. The van der Waals surface area contributed by atoms with Gasteiger partial charge in [0.05, 0.1) is 35.6 Å². The van der Waals surface area contributed by atoms with Crippen LogP contribution in [0, 0.1) is 0 Å². The Labute approximate surface area is 159 Å². The highest BCUT2D eigenvalue weighted by Gasteiger charge is 2.13. The zero-order chi connectivity index (χ0) is 19.1. The molecule has 3 aromatic heterocycles. The van der Waals surface area contributed by atoms with Gasteiger partial charge in [-0.15, -0.1) is 0 Å². The third-order valence-electron chi connectivity index (χ3n) is 4.68. The van der Waals surface area contributed by atoms with E-state index in [4.69, 9.17) is 4.74 Å². The van der Waals surface area contributed by atoms with Gasteiger partial charge in [0.1, 0.15) is 11.6 Å². The van der Waals surface area contributed by atoms with Gasteiger partial charge in [-0.25, -0.2) is 9.97 Å². The molecule has 0 aliphatic rings. The average molecular weight is 366 g/mol. The first-order valence-electron chi connectivity index (χ1n) is 9.57. The van der Waals surface area contributed by atoms with Crippen LogP contribution >= 0.6 is 0 Å². The second-order valence-electron chi connectivity index (χ2n) is 6.64. The van der Waals surface area contributed by atoms with E-state index >= 15 is 0 Å². The zero-order valence-electron chi connectivity index (χ0n) is 16.0. The Morgan fingerprint density at radius 3 is 2.81 bits per heavy atom. The van der Waals surface area contributed by atoms with E-state index < -0.39 is 0 Å². The standard InChI is InChI=1S/C21H26N4O2/c1-3-15(26)9-6-4-5-7-11-20-23-14-19(24-20)16-13-18-17(10-8-12-22-18)25-21(16)27-2/h8,10,12-14H,3-7,9,11H2,1-2H3,(H,23,24). The smallest absolute Gasteiger partial charge is 0.223 e. The Kier molecular flexibility index (Phi) is 6.52. The minimum absolute atomic E-state index is 0.359. The summed E-state index contributed by atoms with van der Waals surface area (Å²) in [6, 6.07) is 5.76. The molecule has 0 bridgehead atoms. The van der Waals surface area contributed by atoms with Crippen molar-refractivity contribution in [1.82, 2.24) is 19.9 Å². The van der Waals surface area contributed by atoms with Crippen molar-refractivity contribution in [2.75, 3.05) is 7.11 Å². The van der Waals surface area contributed by atoms with Crippen LogP contribution in [0.3, 0.4) is 0 Å². The zero-order valence-corrected chi connectivity index (χ0v) is 16.0. The third-order valence-corrected chi connectivity index (χ3v) is 4.68. The first-order chi connectivity index (χ1) is 13.2. The number of hydrogen-bond acceptors (Lipinski definition) is 5. The van der Waals surface area contributed by atoms with Gasteiger partial charge in [0.25, 0.3) is 0 Å². The molecule has 0 saturated carbocycles. The predicted molar refractivity (Wildman–Crippen MR) is 106 cm³/mol. The number of methoxy groups -OCH3 is 1. The van der Waals surface area contributed by atoms with Gasteiger partial charge in [0.2, 0.25) is 5.88 Å². The topological polar surface area (TPSA) is 80.8 Å². The maximum absolute atomic E-state index is 11.3. The molecular weight excluding hydrogens is 340 g/mol. The lowest BCUT2D eigenvalue weighted by molar-refractivity contribution is -0.118. The SMILES string of the molecule is CCC(=O)CCCCCCc1ncc(-c2cc3ncccc3nc2OC)[nH]1. The Balaban J connectivity index is 1.60. The minimum atomic E-state index is 0.359. The fraction of sp³-hybridized carbons (Fsp3) is 0.429. The highest BCUT2D eigenvalue weighted by Crippen LogP contribution is 2.29. The van der Waals surface area contributed by atoms with E-state index in [1.165, 1.54) is 0 Å². The predicted octanol–water partition coefficient (Wildman–Crippen LogP) is 4.50. The van der Waals surface area contributed by atoms with E-state index in [0.717, 1.165) is 60.2 Å². The van der Waals surface area contributed by atoms with Crippen LogP contribution in [0.2, 0.25) is 0 Å². The number of Topliss-reactive ketones (excluding diaryl/α,β-unsaturated/α-hetero) is 1. The number of hydrogen-bond donors (Lipinski definition) is 1. The van der Waals surface area contributed by atoms with Gasteiger partial charge in [-0.3, -0.25) is 9.78 Å². The van der Waals surface area contributed by atoms with Gasteiger partial charge >= 0.3 is 0 Å². The average Bonchev–Trinajstić information content (AvgIpc) is 3.18. The number of aryl methyl sites for hydroxylation is 1. The first-order valence-corrected chi connectivity index (χ1v) is 9.57. The van der Waals surface area contributed by atoms with Crippen LogP contribution in [0.25, 0.3) is 22.3 Å². The van der Waals surface area contributed by atoms with Crippen LogP contribution in [-0.4, -0.2) is 32.8 Å². The van der Waals surface area contributed by atoms with Crippen molar-refractivity contribution in [1.29, 1.82) is 0 Å². The summed E-state index contributed by atoms with van der Waals surface area (Å²) in [6.07, 6.45) is 10.1. The fourth-order valence-corrected chi connectivity index (χ4v) is 3.10. The number of imidazole rings is 1. The van der Waals surface area contributed by atoms with Gasteiger partial charge in [-0.1, -0.05) is 19.8 Å². The van der Waals surface area contributed by atoms with Gasteiger partial charge in [-0.2, -0.15) is 0 Å². The highest BCUT2D eigenvalue weighted by molar-refractivity contribution is 5.82. The molecule has 6 heteroatoms. The van der Waals surface area contributed by atoms with Crippen molar-refractivity contribution >= 4 is 16.8 Å². The number of fused-ring (bicyclic) bond motifs is 1. The van der Waals surface area contributed by atoms with Gasteiger partial charge in [0.15, 0.2) is 0 Å². The lowest BCUT2D eigenvalue weighted by Crippen LogP contribution is -1.95. The molecule has 0 atom stereocenters. The molecule has 0 aliphatic carbocycles. The monoisotopic (exact) mass is 366 g/mol. The summed E-state index contributed by atoms with van der Waals surface area (Å²) in [7, 11) is 1.62. The lowest BCUT2D eigenvalue weighted by atomic mass is 10.1. The second kappa shape index (κ2) is 9.26. The number of pyridine rings is 2. The quantitative estimate of drug-likeness (QED) is 0.534. The molecule has 0 aliphatic heterocycles. The summed E-state index contributed by atoms with van der Waals surface area (Å²) in [5, 5.41) is 0. The second-order valence-corrected chi connectivity index (χ2v) is 6.64. The largest absolute Gasteiger partial charge is 0.480 e. The molecule has 0 aromatic carbocycles. The Hall–Kier alpha value is -2.76. The molecule has 3 heterocycles. The molecule has 0 radical (unpaired) electrons. The number of H-pyrrole nitrogens is 1. The summed E-state index contributed by atoms with van der Waals surface area (Å²) in [5.41, 5.74) is 3.38. The van der Waals surface area contributed by atoms with Crippen molar-refractivity contribution in [2.24, 2.45) is 0 Å². The van der Waals surface area contributed by atoms with Crippen LogP contribution in [0.5, 0.6) is 5.88 Å². The van der Waals surface area contributed by atoms with Crippen LogP contribution < -0.4 is 4.74 Å². The summed E-state index contributed by atoms with van der Waals surface area (Å²) in [5.74, 6) is 1.88. The number of nitrogens with zero attached hydrogens (tertiary/aromatic N) is 3. The highest BCUT2D eigenvalue weighted by atomic mass is 16.5. The molecule has 6 nitrogen and oxygen atoms in total. The van der Waals surface area contributed by atoms with E-state index in [0.29, 0.717) is 24.5 Å². The number of aromatic nitrogens is 4. The van der Waals surface area contributed by atoms with E-state index in [1.54, 1.807) is 13.3 Å². The van der Waals surface area contributed by atoms with Crippen LogP contribution in [0.4, 0.5) is 0 Å². The van der Waals surface area contributed by atoms with Crippen molar-refractivity contribution in [2.45, 2.75) is 51.9 Å². The number of aromatic amines is 1. The molecule has 0 saturated heterocycles. The number of ketones is 1. The third kappa shape index (κ3) is 4.90. The van der Waals surface area contributed by atoms with Crippen molar-refractivity contribution in [3.05, 3.63) is 36.4 Å². The Bertz CT molecular complexity index is 904. The minimum Gasteiger partial charge on any atom is -0.480 e. The van der Waals surface area contributed by atoms with E-state index in [-0.39, 0.29) is 0 Å². The van der Waals surface area contributed by atoms with Crippen LogP contribution in [-0.2, 0) is 11.2 Å². The normalized spacial score (nSPS) is 11.0. The number of unbranched alkanes of at least 4 members (excludes halogenated alkanes) is 3. The molecule has 1 N–H and O–H groups in total. The van der Waals surface area contributed by atoms with E-state index in [2.05, 4.69) is 19.9 Å². The van der Waals surface area contributed by atoms with Crippen molar-refractivity contribution < 1.29 is 9.53 Å². The molecule has 0 unspecified atom stereocenters. The molecule has 3 rings (SSSR count). The molecule has 27 heavy (non-hydrogen) atoms. The fourth-order valence-electron chi connectivity index (χ4n) is 3.10. The summed E-state index contributed by atoms with van der Waals surface area (Å²) in [6.45, 7) is 1.92. The summed E-state index contributed by atoms with van der Waals surface area (Å²) >= 11 is 0. The molecule has 142 valence electrons. The van der Waals surface area contributed by atoms with Gasteiger partial charge < -0.3 is 9.72 Å². The lowest BCUT2D eigenvalue weighted by Gasteiger charge is -2.07. The summed E-state index contributed by atoms with van der Waals surface area (Å²) < 4.78 is 5.46. The van der Waals surface area contributed by atoms with Crippen LogP contribution in [0.1, 0.15) is 51.3 Å². The number of rotatable bonds is 10. The maximum Gasteiger partial charge on any atom is 0.223 e. The summed E-state index contributed by atoms with van der Waals surface area (Å²) in [4.78, 5) is 28.1. The van der Waals surface area contributed by atoms with E-state index in [9.17, 15) is 4.79 Å².